The average Bonchev–Trinajstić information content (AvgIpc) is 2.73. The van der Waals surface area contributed by atoms with Gasteiger partial charge < -0.3 is 15.5 Å². The van der Waals surface area contributed by atoms with E-state index in [1.54, 1.807) is 12.1 Å². The van der Waals surface area contributed by atoms with E-state index in [2.05, 4.69) is 10.6 Å². The van der Waals surface area contributed by atoms with Gasteiger partial charge in [-0.2, -0.15) is 0 Å². The summed E-state index contributed by atoms with van der Waals surface area (Å²) in [5.74, 6) is -0.114. The number of thioether (sulfide) groups is 1. The Bertz CT molecular complexity index is 881. The van der Waals surface area contributed by atoms with Crippen molar-refractivity contribution in [2.45, 2.75) is 29.9 Å². The molecule has 160 valence electrons. The van der Waals surface area contributed by atoms with Crippen molar-refractivity contribution in [1.82, 2.24) is 10.2 Å². The standard InChI is InChI=1S/C22H25ClFN3O2S/c1-15(30-20-9-7-17(23)8-10-20)21(28)27-11-3-4-16(14-27)13-25-22(29)26-19-6-2-5-18(24)12-19/h2,5-10,12,15-16H,3-4,11,13-14H2,1H3,(H2,25,26,29). The van der Waals surface area contributed by atoms with Crippen LogP contribution in [-0.4, -0.2) is 41.7 Å². The number of anilines is 1. The maximum atomic E-state index is 13.2. The molecule has 3 amide bonds. The van der Waals surface area contributed by atoms with Crippen molar-refractivity contribution in [2.24, 2.45) is 5.92 Å². The summed E-state index contributed by atoms with van der Waals surface area (Å²) in [7, 11) is 0. The Kier molecular flexibility index (Phi) is 7.99. The minimum Gasteiger partial charge on any atom is -0.341 e. The topological polar surface area (TPSA) is 61.4 Å². The first-order chi connectivity index (χ1) is 14.4. The van der Waals surface area contributed by atoms with Gasteiger partial charge in [-0.3, -0.25) is 4.79 Å². The number of nitrogens with one attached hydrogen (secondary N) is 2. The predicted octanol–water partition coefficient (Wildman–Crippen LogP) is 5.02. The molecular weight excluding hydrogens is 425 g/mol. The van der Waals surface area contributed by atoms with Crippen molar-refractivity contribution in [2.75, 3.05) is 25.0 Å². The molecule has 2 N–H and O–H groups in total. The molecule has 1 aliphatic heterocycles. The maximum Gasteiger partial charge on any atom is 0.319 e. The minimum atomic E-state index is -0.403. The molecule has 0 bridgehead atoms. The van der Waals surface area contributed by atoms with Crippen LogP contribution in [0.5, 0.6) is 0 Å². The molecule has 1 aliphatic rings. The van der Waals surface area contributed by atoms with Crippen LogP contribution < -0.4 is 10.6 Å². The Morgan fingerprint density at radius 3 is 2.77 bits per heavy atom. The molecule has 2 unspecified atom stereocenters. The van der Waals surface area contributed by atoms with Crippen LogP contribution in [0.2, 0.25) is 5.02 Å². The number of halogens is 2. The highest BCUT2D eigenvalue weighted by Crippen LogP contribution is 2.27. The van der Waals surface area contributed by atoms with E-state index in [9.17, 15) is 14.0 Å². The second-order valence-electron chi connectivity index (χ2n) is 7.35. The van der Waals surface area contributed by atoms with Gasteiger partial charge in [-0.15, -0.1) is 11.8 Å². The maximum absolute atomic E-state index is 13.2. The minimum absolute atomic E-state index is 0.101. The quantitative estimate of drug-likeness (QED) is 0.608. The van der Waals surface area contributed by atoms with Crippen molar-refractivity contribution >= 4 is 41.0 Å². The highest BCUT2D eigenvalue weighted by Gasteiger charge is 2.27. The molecule has 0 aliphatic carbocycles. The summed E-state index contributed by atoms with van der Waals surface area (Å²) in [6.45, 7) is 3.72. The molecule has 0 aromatic heterocycles. The van der Waals surface area contributed by atoms with Gasteiger partial charge in [-0.05, 0) is 68.1 Å². The van der Waals surface area contributed by atoms with Gasteiger partial charge in [0.2, 0.25) is 5.91 Å². The third-order valence-corrected chi connectivity index (χ3v) is 6.29. The van der Waals surface area contributed by atoms with Crippen molar-refractivity contribution in [3.63, 3.8) is 0 Å². The normalized spacial score (nSPS) is 17.3. The summed E-state index contributed by atoms with van der Waals surface area (Å²) in [4.78, 5) is 27.8. The number of likely N-dealkylation sites (tertiary alicyclic amines) is 1. The largest absolute Gasteiger partial charge is 0.341 e. The van der Waals surface area contributed by atoms with Crippen molar-refractivity contribution in [1.29, 1.82) is 0 Å². The number of rotatable bonds is 6. The van der Waals surface area contributed by atoms with Gasteiger partial charge in [0.1, 0.15) is 5.82 Å². The molecule has 0 radical (unpaired) electrons. The molecule has 3 rings (SSSR count). The SMILES string of the molecule is CC(Sc1ccc(Cl)cc1)C(=O)N1CCCC(CNC(=O)Nc2cccc(F)c2)C1. The second kappa shape index (κ2) is 10.7. The van der Waals surface area contributed by atoms with Crippen LogP contribution in [0.3, 0.4) is 0 Å². The molecule has 2 aromatic rings. The fraction of sp³-hybridized carbons (Fsp3) is 0.364. The van der Waals surface area contributed by atoms with Gasteiger partial charge in [0.15, 0.2) is 0 Å². The van der Waals surface area contributed by atoms with Gasteiger partial charge in [-0.1, -0.05) is 17.7 Å². The lowest BCUT2D eigenvalue weighted by Gasteiger charge is -2.34. The Hall–Kier alpha value is -2.25. The molecule has 0 saturated carbocycles. The van der Waals surface area contributed by atoms with Crippen LogP contribution in [0.4, 0.5) is 14.9 Å². The molecule has 1 saturated heterocycles. The number of piperidine rings is 1. The van der Waals surface area contributed by atoms with Crippen LogP contribution in [-0.2, 0) is 4.79 Å². The Morgan fingerprint density at radius 2 is 2.03 bits per heavy atom. The Morgan fingerprint density at radius 1 is 1.27 bits per heavy atom. The molecule has 0 spiro atoms. The lowest BCUT2D eigenvalue weighted by Crippen LogP contribution is -2.46. The van der Waals surface area contributed by atoms with E-state index in [0.29, 0.717) is 23.8 Å². The van der Waals surface area contributed by atoms with E-state index in [1.807, 2.05) is 36.1 Å². The van der Waals surface area contributed by atoms with Gasteiger partial charge in [0, 0.05) is 35.2 Å². The van der Waals surface area contributed by atoms with E-state index < -0.39 is 5.82 Å². The van der Waals surface area contributed by atoms with Crippen LogP contribution in [0.1, 0.15) is 19.8 Å². The number of nitrogens with zero attached hydrogens (tertiary/aromatic N) is 1. The monoisotopic (exact) mass is 449 g/mol. The van der Waals surface area contributed by atoms with E-state index in [4.69, 9.17) is 11.6 Å². The van der Waals surface area contributed by atoms with Gasteiger partial charge in [-0.25, -0.2) is 9.18 Å². The average molecular weight is 450 g/mol. The first kappa shape index (κ1) is 22.4. The predicted molar refractivity (Wildman–Crippen MR) is 119 cm³/mol. The number of hydrogen-bond acceptors (Lipinski definition) is 3. The lowest BCUT2D eigenvalue weighted by atomic mass is 9.98. The number of carbonyl (C=O) groups is 2. The summed E-state index contributed by atoms with van der Waals surface area (Å²) >= 11 is 7.43. The molecule has 1 fully saturated rings. The zero-order chi connectivity index (χ0) is 21.5. The van der Waals surface area contributed by atoms with E-state index >= 15 is 0 Å². The summed E-state index contributed by atoms with van der Waals surface area (Å²) in [6, 6.07) is 12.8. The van der Waals surface area contributed by atoms with E-state index in [1.165, 1.54) is 23.9 Å². The third-order valence-electron chi connectivity index (χ3n) is 4.94. The fourth-order valence-corrected chi connectivity index (χ4v) is 4.51. The van der Waals surface area contributed by atoms with Crippen LogP contribution >= 0.6 is 23.4 Å². The lowest BCUT2D eigenvalue weighted by molar-refractivity contribution is -0.132. The number of benzene rings is 2. The van der Waals surface area contributed by atoms with Crippen molar-refractivity contribution < 1.29 is 14.0 Å². The van der Waals surface area contributed by atoms with Gasteiger partial charge in [0.25, 0.3) is 0 Å². The van der Waals surface area contributed by atoms with Gasteiger partial charge in [0.05, 0.1) is 5.25 Å². The number of amides is 3. The Balaban J connectivity index is 1.46. The van der Waals surface area contributed by atoms with Crippen LogP contribution in [0.25, 0.3) is 0 Å². The van der Waals surface area contributed by atoms with E-state index in [0.717, 1.165) is 24.3 Å². The van der Waals surface area contributed by atoms with Crippen LogP contribution in [0.15, 0.2) is 53.4 Å². The number of carbonyl (C=O) groups excluding carboxylic acids is 2. The molecular formula is C22H25ClFN3O2S. The summed E-state index contributed by atoms with van der Waals surface area (Å²) in [5, 5.41) is 5.92. The van der Waals surface area contributed by atoms with Crippen molar-refractivity contribution in [3.8, 4) is 0 Å². The summed E-state index contributed by atoms with van der Waals surface area (Å²) < 4.78 is 13.2. The summed E-state index contributed by atoms with van der Waals surface area (Å²) in [6.07, 6.45) is 1.85. The number of urea groups is 1. The first-order valence-electron chi connectivity index (χ1n) is 9.92. The zero-order valence-electron chi connectivity index (χ0n) is 16.7. The molecule has 1 heterocycles. The highest BCUT2D eigenvalue weighted by atomic mass is 35.5. The van der Waals surface area contributed by atoms with E-state index in [-0.39, 0.29) is 23.1 Å². The van der Waals surface area contributed by atoms with Crippen molar-refractivity contribution in [3.05, 3.63) is 59.4 Å². The summed E-state index contributed by atoms with van der Waals surface area (Å²) in [5.41, 5.74) is 0.404. The number of hydrogen-bond donors (Lipinski definition) is 2. The fourth-order valence-electron chi connectivity index (χ4n) is 3.44. The molecule has 5 nitrogen and oxygen atoms in total. The highest BCUT2D eigenvalue weighted by molar-refractivity contribution is 8.00. The molecule has 30 heavy (non-hydrogen) atoms. The first-order valence-corrected chi connectivity index (χ1v) is 11.2. The molecule has 8 heteroatoms. The van der Waals surface area contributed by atoms with Gasteiger partial charge >= 0.3 is 6.03 Å². The Labute approximate surface area is 185 Å². The molecule has 2 aromatic carbocycles. The third kappa shape index (κ3) is 6.64. The second-order valence-corrected chi connectivity index (χ2v) is 9.20. The van der Waals surface area contributed by atoms with Crippen LogP contribution in [0, 0.1) is 11.7 Å². The molecule has 2 atom stereocenters. The smallest absolute Gasteiger partial charge is 0.319 e. The zero-order valence-corrected chi connectivity index (χ0v) is 18.3.